The zero-order chi connectivity index (χ0) is 15.4. The van der Waals surface area contributed by atoms with E-state index in [0.29, 0.717) is 36.4 Å². The van der Waals surface area contributed by atoms with Gasteiger partial charge in [0.05, 0.1) is 0 Å². The average Bonchev–Trinajstić information content (AvgIpc) is 2.90. The summed E-state index contributed by atoms with van der Waals surface area (Å²) in [6.45, 7) is 1.62. The molecule has 0 heterocycles. The maximum absolute atomic E-state index is 12.8. The number of ketones is 3. The quantitative estimate of drug-likeness (QED) is 0.747. The summed E-state index contributed by atoms with van der Waals surface area (Å²) in [7, 11) is 0. The lowest BCUT2D eigenvalue weighted by atomic mass is 9.55. The molecule has 22 heavy (non-hydrogen) atoms. The molecule has 5 atom stereocenters. The maximum atomic E-state index is 12.8. The van der Waals surface area contributed by atoms with Crippen molar-refractivity contribution in [3.05, 3.63) is 23.3 Å². The number of Topliss-reactive ketones (excluding diaryl/α,β-unsaturated/α-hetero) is 2. The molecule has 0 aromatic carbocycles. The summed E-state index contributed by atoms with van der Waals surface area (Å²) in [5, 5.41) is 0. The number of allylic oxidation sites excluding steroid dienone is 4. The SMILES string of the molecule is CC(=O)C1=CCC2C1CC(=O)C1C3CCC(=O)C=C3CCC21. The van der Waals surface area contributed by atoms with Gasteiger partial charge in [0.15, 0.2) is 11.6 Å². The van der Waals surface area contributed by atoms with Crippen LogP contribution < -0.4 is 0 Å². The zero-order valence-electron chi connectivity index (χ0n) is 13.0. The van der Waals surface area contributed by atoms with Gasteiger partial charge in [-0.05, 0) is 67.9 Å². The van der Waals surface area contributed by atoms with E-state index in [1.165, 1.54) is 5.57 Å². The fourth-order valence-corrected chi connectivity index (χ4v) is 5.59. The van der Waals surface area contributed by atoms with Gasteiger partial charge in [-0.25, -0.2) is 0 Å². The number of hydrogen-bond acceptors (Lipinski definition) is 3. The minimum atomic E-state index is 0.106. The molecule has 0 spiro atoms. The Hall–Kier alpha value is -1.51. The van der Waals surface area contributed by atoms with Crippen LogP contribution in [-0.4, -0.2) is 17.3 Å². The van der Waals surface area contributed by atoms with Crippen LogP contribution in [0, 0.1) is 29.6 Å². The van der Waals surface area contributed by atoms with Crippen LogP contribution in [-0.2, 0) is 14.4 Å². The molecular weight excluding hydrogens is 276 g/mol. The lowest BCUT2D eigenvalue weighted by Crippen LogP contribution is -2.47. The Kier molecular flexibility index (Phi) is 3.21. The molecule has 4 rings (SSSR count). The maximum Gasteiger partial charge on any atom is 0.155 e. The first-order valence-electron chi connectivity index (χ1n) is 8.53. The highest BCUT2D eigenvalue weighted by atomic mass is 16.1. The Morgan fingerprint density at radius 2 is 1.91 bits per heavy atom. The minimum Gasteiger partial charge on any atom is -0.299 e. The third-order valence-corrected chi connectivity index (χ3v) is 6.46. The highest BCUT2D eigenvalue weighted by Gasteiger charge is 2.52. The first-order valence-corrected chi connectivity index (χ1v) is 8.53. The van der Waals surface area contributed by atoms with Gasteiger partial charge in [0.2, 0.25) is 0 Å². The Balaban J connectivity index is 1.65. The van der Waals surface area contributed by atoms with E-state index in [9.17, 15) is 14.4 Å². The second-order valence-corrected chi connectivity index (χ2v) is 7.45. The van der Waals surface area contributed by atoms with Crippen molar-refractivity contribution >= 4 is 17.3 Å². The molecule has 3 heteroatoms. The molecule has 0 aromatic heterocycles. The third-order valence-electron chi connectivity index (χ3n) is 6.46. The predicted octanol–water partition coefficient (Wildman–Crippen LogP) is 3.04. The van der Waals surface area contributed by atoms with Crippen LogP contribution >= 0.6 is 0 Å². The Morgan fingerprint density at radius 1 is 1.09 bits per heavy atom. The van der Waals surface area contributed by atoms with Crippen molar-refractivity contribution in [1.29, 1.82) is 0 Å². The largest absolute Gasteiger partial charge is 0.299 e. The lowest BCUT2D eigenvalue weighted by molar-refractivity contribution is -0.134. The van der Waals surface area contributed by atoms with E-state index >= 15 is 0 Å². The molecule has 0 bridgehead atoms. The second kappa shape index (κ2) is 5.00. The number of carbonyl (C=O) groups excluding carboxylic acids is 3. The van der Waals surface area contributed by atoms with Gasteiger partial charge in [-0.1, -0.05) is 11.6 Å². The van der Waals surface area contributed by atoms with Crippen LogP contribution in [0.3, 0.4) is 0 Å². The summed E-state index contributed by atoms with van der Waals surface area (Å²) in [6.07, 6.45) is 8.81. The molecule has 4 aliphatic carbocycles. The highest BCUT2D eigenvalue weighted by molar-refractivity contribution is 5.96. The standard InChI is InChI=1S/C19H22O3/c1-10(20)13-6-7-15-16-4-2-11-8-12(21)3-5-14(11)19(16)18(22)9-17(13)15/h6,8,14-17,19H,2-5,7,9H2,1H3. The summed E-state index contributed by atoms with van der Waals surface area (Å²) in [5.41, 5.74) is 2.12. The highest BCUT2D eigenvalue weighted by Crippen LogP contribution is 2.55. The van der Waals surface area contributed by atoms with E-state index in [1.54, 1.807) is 6.92 Å². The van der Waals surface area contributed by atoms with Crippen LogP contribution in [0.5, 0.6) is 0 Å². The normalized spacial score (nSPS) is 40.3. The van der Waals surface area contributed by atoms with Crippen molar-refractivity contribution in [3.63, 3.8) is 0 Å². The van der Waals surface area contributed by atoms with Crippen LogP contribution in [0.15, 0.2) is 23.3 Å². The Bertz CT molecular complexity index is 625. The monoisotopic (exact) mass is 298 g/mol. The molecular formula is C19H22O3. The van der Waals surface area contributed by atoms with Crippen LogP contribution in [0.25, 0.3) is 0 Å². The van der Waals surface area contributed by atoms with Gasteiger partial charge >= 0.3 is 0 Å². The molecule has 2 saturated carbocycles. The number of rotatable bonds is 1. The molecule has 0 aliphatic heterocycles. The predicted molar refractivity (Wildman–Crippen MR) is 82.0 cm³/mol. The van der Waals surface area contributed by atoms with Gasteiger partial charge < -0.3 is 0 Å². The molecule has 5 unspecified atom stereocenters. The topological polar surface area (TPSA) is 51.2 Å². The van der Waals surface area contributed by atoms with E-state index in [0.717, 1.165) is 31.3 Å². The van der Waals surface area contributed by atoms with Crippen LogP contribution in [0.1, 0.15) is 45.4 Å². The summed E-state index contributed by atoms with van der Waals surface area (Å²) in [6, 6.07) is 0. The van der Waals surface area contributed by atoms with Gasteiger partial charge in [0, 0.05) is 18.8 Å². The van der Waals surface area contributed by atoms with Gasteiger partial charge in [0.25, 0.3) is 0 Å². The number of hydrogen-bond donors (Lipinski definition) is 0. The van der Waals surface area contributed by atoms with Gasteiger partial charge in [-0.15, -0.1) is 0 Å². The molecule has 0 radical (unpaired) electrons. The summed E-state index contributed by atoms with van der Waals surface area (Å²) < 4.78 is 0. The number of fused-ring (bicyclic) bond motifs is 5. The van der Waals surface area contributed by atoms with E-state index in [4.69, 9.17) is 0 Å². The average molecular weight is 298 g/mol. The van der Waals surface area contributed by atoms with E-state index < -0.39 is 0 Å². The van der Waals surface area contributed by atoms with Gasteiger partial charge in [-0.2, -0.15) is 0 Å². The lowest BCUT2D eigenvalue weighted by Gasteiger charge is -2.48. The van der Waals surface area contributed by atoms with E-state index in [-0.39, 0.29) is 23.4 Å². The fraction of sp³-hybridized carbons (Fsp3) is 0.632. The summed E-state index contributed by atoms with van der Waals surface area (Å²) >= 11 is 0. The first kappa shape index (κ1) is 14.1. The van der Waals surface area contributed by atoms with E-state index in [2.05, 4.69) is 6.08 Å². The number of carbonyl (C=O) groups is 3. The fourth-order valence-electron chi connectivity index (χ4n) is 5.59. The molecule has 2 fully saturated rings. The van der Waals surface area contributed by atoms with Crippen molar-refractivity contribution in [2.24, 2.45) is 29.6 Å². The van der Waals surface area contributed by atoms with Crippen molar-refractivity contribution < 1.29 is 14.4 Å². The van der Waals surface area contributed by atoms with Crippen molar-refractivity contribution in [2.75, 3.05) is 0 Å². The van der Waals surface area contributed by atoms with E-state index in [1.807, 2.05) is 6.08 Å². The van der Waals surface area contributed by atoms with Gasteiger partial charge in [-0.3, -0.25) is 14.4 Å². The zero-order valence-corrected chi connectivity index (χ0v) is 13.0. The van der Waals surface area contributed by atoms with Crippen LogP contribution in [0.4, 0.5) is 0 Å². The molecule has 0 saturated heterocycles. The molecule has 116 valence electrons. The third kappa shape index (κ3) is 1.98. The Labute approximate surface area is 130 Å². The smallest absolute Gasteiger partial charge is 0.155 e. The summed E-state index contributed by atoms with van der Waals surface area (Å²) in [4.78, 5) is 36.3. The van der Waals surface area contributed by atoms with Crippen molar-refractivity contribution in [1.82, 2.24) is 0 Å². The molecule has 0 N–H and O–H groups in total. The first-order chi connectivity index (χ1) is 10.6. The van der Waals surface area contributed by atoms with Crippen molar-refractivity contribution in [3.8, 4) is 0 Å². The van der Waals surface area contributed by atoms with Gasteiger partial charge in [0.1, 0.15) is 5.78 Å². The Morgan fingerprint density at radius 3 is 2.68 bits per heavy atom. The minimum absolute atomic E-state index is 0.106. The summed E-state index contributed by atoms with van der Waals surface area (Å²) in [5.74, 6) is 2.16. The second-order valence-electron chi connectivity index (χ2n) is 7.45. The van der Waals surface area contributed by atoms with Crippen LogP contribution in [0.2, 0.25) is 0 Å². The molecule has 0 aromatic rings. The van der Waals surface area contributed by atoms with Crippen molar-refractivity contribution in [2.45, 2.75) is 45.4 Å². The molecule has 4 aliphatic rings. The molecule has 0 amide bonds. The molecule has 3 nitrogen and oxygen atoms in total.